The van der Waals surface area contributed by atoms with Crippen LogP contribution in [0.25, 0.3) is 0 Å². The summed E-state index contributed by atoms with van der Waals surface area (Å²) in [5, 5.41) is 8.83. The lowest BCUT2D eigenvalue weighted by molar-refractivity contribution is -0.136. The van der Waals surface area contributed by atoms with Crippen LogP contribution in [0.3, 0.4) is 0 Å². The molecule has 0 spiro atoms. The Kier molecular flexibility index (Phi) is 6.83. The Bertz CT molecular complexity index is 1200. The normalized spacial score (nSPS) is 24.8. The number of methoxy groups -OCH3 is 1. The Balaban J connectivity index is 1.61. The first kappa shape index (κ1) is 23.9. The van der Waals surface area contributed by atoms with E-state index in [0.29, 0.717) is 48.4 Å². The molecule has 3 aliphatic heterocycles. The van der Waals surface area contributed by atoms with E-state index in [2.05, 4.69) is 20.5 Å². The summed E-state index contributed by atoms with van der Waals surface area (Å²) >= 11 is 7.81. The molecule has 9 nitrogen and oxygen atoms in total. The number of ether oxygens (including phenoxy) is 2. The van der Waals surface area contributed by atoms with Gasteiger partial charge >= 0.3 is 5.97 Å². The number of nitrogens with one attached hydrogen (secondary N) is 2. The molecule has 184 valence electrons. The largest absolute Gasteiger partial charge is 0.466 e. The number of morpholine rings is 1. The minimum atomic E-state index is -0.839. The van der Waals surface area contributed by atoms with Gasteiger partial charge in [0.05, 0.1) is 31.9 Å². The van der Waals surface area contributed by atoms with Gasteiger partial charge in [0.1, 0.15) is 11.9 Å². The molecule has 1 amide bonds. The summed E-state index contributed by atoms with van der Waals surface area (Å²) in [6, 6.07) is 2.94. The molecule has 2 aromatic rings. The molecule has 35 heavy (non-hydrogen) atoms. The topological polar surface area (TPSA) is 105 Å². The number of benzene rings is 1. The molecule has 0 radical (unpaired) electrons. The predicted octanol–water partition coefficient (Wildman–Crippen LogP) is 2.04. The number of hydrogen-bond acceptors (Lipinski definition) is 9. The molecule has 0 aliphatic carbocycles. The van der Waals surface area contributed by atoms with Gasteiger partial charge in [-0.15, -0.1) is 11.3 Å². The Morgan fingerprint density at radius 2 is 2.20 bits per heavy atom. The van der Waals surface area contributed by atoms with Gasteiger partial charge in [0.2, 0.25) is 5.91 Å². The zero-order valence-electron chi connectivity index (χ0n) is 18.8. The van der Waals surface area contributed by atoms with Gasteiger partial charge in [0.15, 0.2) is 10.8 Å². The van der Waals surface area contributed by atoms with Crippen molar-refractivity contribution in [1.29, 1.82) is 0 Å². The number of aliphatic imine (C=N–C) groups is 1. The second-order valence-corrected chi connectivity index (χ2v) is 9.72. The van der Waals surface area contributed by atoms with Crippen LogP contribution in [0.15, 0.2) is 46.0 Å². The maximum Gasteiger partial charge on any atom is 0.338 e. The van der Waals surface area contributed by atoms with Gasteiger partial charge in [-0.25, -0.2) is 14.2 Å². The predicted molar refractivity (Wildman–Crippen MR) is 128 cm³/mol. The van der Waals surface area contributed by atoms with Crippen LogP contribution < -0.4 is 10.6 Å². The summed E-state index contributed by atoms with van der Waals surface area (Å²) in [5.74, 6) is -0.633. The number of hydrogen-bond donors (Lipinski definition) is 2. The minimum absolute atomic E-state index is 0.0345. The number of halogens is 2. The zero-order valence-corrected chi connectivity index (χ0v) is 20.4. The monoisotopic (exact) mass is 519 g/mol. The summed E-state index contributed by atoms with van der Waals surface area (Å²) in [5.41, 5.74) is 1.30. The van der Waals surface area contributed by atoms with E-state index in [-0.39, 0.29) is 35.0 Å². The first-order valence-corrected chi connectivity index (χ1v) is 12.3. The van der Waals surface area contributed by atoms with Crippen molar-refractivity contribution in [3.05, 3.63) is 62.5 Å². The van der Waals surface area contributed by atoms with Crippen molar-refractivity contribution in [3.8, 4) is 0 Å². The van der Waals surface area contributed by atoms with Crippen molar-refractivity contribution in [2.24, 2.45) is 4.99 Å². The molecule has 3 aliphatic rings. The summed E-state index contributed by atoms with van der Waals surface area (Å²) in [4.78, 5) is 36.6. The van der Waals surface area contributed by atoms with Crippen molar-refractivity contribution >= 4 is 40.6 Å². The summed E-state index contributed by atoms with van der Waals surface area (Å²) in [6.45, 7) is 1.62. The van der Waals surface area contributed by atoms with E-state index in [1.165, 1.54) is 36.6 Å². The molecule has 3 atom stereocenters. The molecule has 1 aromatic heterocycles. The number of amidine groups is 1. The average Bonchev–Trinajstić information content (AvgIpc) is 3.36. The van der Waals surface area contributed by atoms with E-state index < -0.39 is 17.8 Å². The summed E-state index contributed by atoms with van der Waals surface area (Å²) in [7, 11) is 1.30. The van der Waals surface area contributed by atoms with E-state index in [9.17, 15) is 14.0 Å². The molecular formula is C23H23ClFN5O4S. The molecule has 4 heterocycles. The van der Waals surface area contributed by atoms with Gasteiger partial charge in [-0.2, -0.15) is 0 Å². The summed E-state index contributed by atoms with van der Waals surface area (Å²) in [6.07, 6.45) is 1.95. The number of carbonyl (C=O) groups is 2. The van der Waals surface area contributed by atoms with Crippen LogP contribution in [0, 0.1) is 5.82 Å². The van der Waals surface area contributed by atoms with Gasteiger partial charge in [-0.05, 0) is 12.1 Å². The number of nitrogens with zero attached hydrogens (tertiary/aromatic N) is 3. The molecule has 2 unspecified atom stereocenters. The van der Waals surface area contributed by atoms with Crippen molar-refractivity contribution in [1.82, 2.24) is 20.5 Å². The van der Waals surface area contributed by atoms with Crippen LogP contribution in [-0.4, -0.2) is 73.1 Å². The minimum Gasteiger partial charge on any atom is -0.466 e. The molecule has 2 saturated heterocycles. The standard InChI is InChI=1S/C23H23ClFN5O4S/c1-33-23(32)19-17(9-30-13-7-18(31)27-8-14(30)11-34-10-13)28-21(22-26-4-5-35-22)29-20(19)15-3-2-12(25)6-16(15)24/h2-6,13-14,20H,7-11H2,1H3,(H,27,31)(H,28,29)/t13?,14-,20?/m1/s1. The highest BCUT2D eigenvalue weighted by Crippen LogP contribution is 2.37. The highest BCUT2D eigenvalue weighted by Gasteiger charge is 2.39. The SMILES string of the molecule is COC(=O)C1=C(CN2C3COC[C@H]2CNC(=O)C3)NC(c2nccs2)=NC1c1ccc(F)cc1Cl. The van der Waals surface area contributed by atoms with Gasteiger partial charge in [0, 0.05) is 53.4 Å². The third-order valence-corrected chi connectivity index (χ3v) is 7.39. The molecule has 5 rings (SSSR count). The van der Waals surface area contributed by atoms with Crippen molar-refractivity contribution in [3.63, 3.8) is 0 Å². The number of thiazole rings is 1. The number of amides is 1. The smallest absolute Gasteiger partial charge is 0.338 e. The van der Waals surface area contributed by atoms with Crippen molar-refractivity contribution in [2.75, 3.05) is 33.4 Å². The van der Waals surface area contributed by atoms with Crippen LogP contribution in [0.5, 0.6) is 0 Å². The average molecular weight is 520 g/mol. The van der Waals surface area contributed by atoms with Crippen LogP contribution in [0.1, 0.15) is 23.0 Å². The number of esters is 1. The van der Waals surface area contributed by atoms with E-state index in [0.717, 1.165) is 0 Å². The second kappa shape index (κ2) is 10.0. The maximum atomic E-state index is 13.8. The first-order chi connectivity index (χ1) is 16.9. The third kappa shape index (κ3) is 4.81. The lowest BCUT2D eigenvalue weighted by Crippen LogP contribution is -2.55. The van der Waals surface area contributed by atoms with Crippen LogP contribution >= 0.6 is 22.9 Å². The zero-order chi connectivity index (χ0) is 24.5. The number of fused-ring (bicyclic) bond motifs is 2. The van der Waals surface area contributed by atoms with E-state index in [1.54, 1.807) is 6.20 Å². The molecule has 0 saturated carbocycles. The fourth-order valence-corrected chi connectivity index (χ4v) is 5.47. The van der Waals surface area contributed by atoms with Gasteiger partial charge < -0.3 is 20.1 Å². The summed E-state index contributed by atoms with van der Waals surface area (Å²) < 4.78 is 24.7. The number of aromatic nitrogens is 1. The van der Waals surface area contributed by atoms with Gasteiger partial charge in [-0.3, -0.25) is 14.7 Å². The Labute approximate surface area is 210 Å². The van der Waals surface area contributed by atoms with Crippen LogP contribution in [-0.2, 0) is 19.1 Å². The molecule has 2 fully saturated rings. The Hall–Kier alpha value is -2.86. The van der Waals surface area contributed by atoms with Crippen LogP contribution in [0.2, 0.25) is 5.02 Å². The third-order valence-electron chi connectivity index (χ3n) is 6.28. The fourth-order valence-electron chi connectivity index (χ4n) is 4.61. The Morgan fingerprint density at radius 3 is 2.94 bits per heavy atom. The highest BCUT2D eigenvalue weighted by atomic mass is 35.5. The van der Waals surface area contributed by atoms with Crippen molar-refractivity contribution < 1.29 is 23.5 Å². The lowest BCUT2D eigenvalue weighted by Gasteiger charge is -2.41. The molecular weight excluding hydrogens is 497 g/mol. The molecule has 1 aromatic carbocycles. The first-order valence-electron chi connectivity index (χ1n) is 11.1. The maximum absolute atomic E-state index is 13.8. The van der Waals surface area contributed by atoms with Gasteiger partial charge in [0.25, 0.3) is 0 Å². The molecule has 2 bridgehead atoms. The van der Waals surface area contributed by atoms with E-state index in [4.69, 9.17) is 26.1 Å². The Morgan fingerprint density at radius 1 is 1.37 bits per heavy atom. The molecule has 2 N–H and O–H groups in total. The van der Waals surface area contributed by atoms with E-state index in [1.807, 2.05) is 5.38 Å². The number of rotatable bonds is 5. The lowest BCUT2D eigenvalue weighted by atomic mass is 9.94. The number of carbonyl (C=O) groups excluding carboxylic acids is 2. The van der Waals surface area contributed by atoms with Gasteiger partial charge in [-0.1, -0.05) is 17.7 Å². The fraction of sp³-hybridized carbons (Fsp3) is 0.391. The van der Waals surface area contributed by atoms with E-state index >= 15 is 0 Å². The highest BCUT2D eigenvalue weighted by molar-refractivity contribution is 7.11. The van der Waals surface area contributed by atoms with Crippen molar-refractivity contribution in [2.45, 2.75) is 24.5 Å². The second-order valence-electron chi connectivity index (χ2n) is 8.42. The quantitative estimate of drug-likeness (QED) is 0.582. The molecule has 12 heteroatoms. The van der Waals surface area contributed by atoms with Crippen LogP contribution in [0.4, 0.5) is 4.39 Å².